The number of carbonyl (C=O) groups excluding carboxylic acids is 3. The third-order valence-corrected chi connectivity index (χ3v) is 13.1. The molecule has 0 saturated heterocycles. The van der Waals surface area contributed by atoms with Crippen LogP contribution in [0.1, 0.15) is 316 Å². The van der Waals surface area contributed by atoms with Crippen LogP contribution in [0.4, 0.5) is 0 Å². The largest absolute Gasteiger partial charge is 0.462 e. The Morgan fingerprint density at radius 1 is 0.299 bits per heavy atom. The summed E-state index contributed by atoms with van der Waals surface area (Å²) in [7, 11) is 0. The van der Waals surface area contributed by atoms with Crippen LogP contribution < -0.4 is 0 Å². The maximum absolute atomic E-state index is 12.9. The van der Waals surface area contributed by atoms with Crippen LogP contribution in [0.5, 0.6) is 0 Å². The van der Waals surface area contributed by atoms with E-state index in [1.54, 1.807) is 0 Å². The Hall–Kier alpha value is -2.37. The number of unbranched alkanes of at least 4 members (excludes halogenated alkanes) is 37. The molecule has 0 heterocycles. The molecule has 0 rings (SSSR count). The summed E-state index contributed by atoms with van der Waals surface area (Å²) in [6.45, 7) is 6.65. The highest BCUT2D eigenvalue weighted by Crippen LogP contribution is 2.17. The predicted octanol–water partition coefficient (Wildman–Crippen LogP) is 19.7. The molecule has 0 radical (unpaired) electrons. The minimum absolute atomic E-state index is 0.0712. The van der Waals surface area contributed by atoms with Gasteiger partial charge in [0.2, 0.25) is 0 Å². The Morgan fingerprint density at radius 3 is 0.866 bits per heavy atom. The fourth-order valence-corrected chi connectivity index (χ4v) is 8.69. The van der Waals surface area contributed by atoms with Crippen molar-refractivity contribution in [1.29, 1.82) is 0 Å². The lowest BCUT2D eigenvalue weighted by molar-refractivity contribution is -0.167. The molecule has 6 nitrogen and oxygen atoms in total. The minimum atomic E-state index is -0.773. The summed E-state index contributed by atoms with van der Waals surface area (Å²) < 4.78 is 16.9. The molecular weight excluding hydrogens is 829 g/mol. The highest BCUT2D eigenvalue weighted by molar-refractivity contribution is 5.71. The van der Waals surface area contributed by atoms with Crippen LogP contribution >= 0.6 is 0 Å². The van der Waals surface area contributed by atoms with Crippen molar-refractivity contribution in [2.75, 3.05) is 13.2 Å². The summed E-state index contributed by atoms with van der Waals surface area (Å²) in [5, 5.41) is 0. The van der Waals surface area contributed by atoms with Gasteiger partial charge in [0, 0.05) is 19.3 Å². The fourth-order valence-electron chi connectivity index (χ4n) is 8.69. The molecule has 0 aromatic carbocycles. The van der Waals surface area contributed by atoms with E-state index >= 15 is 0 Å². The van der Waals surface area contributed by atoms with Crippen molar-refractivity contribution in [3.63, 3.8) is 0 Å². The molecule has 0 bridgehead atoms. The van der Waals surface area contributed by atoms with Gasteiger partial charge in [-0.2, -0.15) is 0 Å². The summed E-state index contributed by atoms with van der Waals surface area (Å²) in [5.74, 6) is -0.864. The second-order valence-electron chi connectivity index (χ2n) is 19.9. The van der Waals surface area contributed by atoms with Crippen molar-refractivity contribution in [3.05, 3.63) is 36.5 Å². The van der Waals surface area contributed by atoms with E-state index in [1.165, 1.54) is 199 Å². The van der Waals surface area contributed by atoms with Crippen LogP contribution in [0.15, 0.2) is 36.5 Å². The number of carbonyl (C=O) groups is 3. The number of hydrogen-bond donors (Lipinski definition) is 0. The predicted molar refractivity (Wildman–Crippen MR) is 289 cm³/mol. The average molecular weight is 942 g/mol. The van der Waals surface area contributed by atoms with Crippen LogP contribution in [0.2, 0.25) is 0 Å². The molecule has 0 aliphatic rings. The van der Waals surface area contributed by atoms with Gasteiger partial charge in [-0.15, -0.1) is 0 Å². The Balaban J connectivity index is 4.35. The topological polar surface area (TPSA) is 78.9 Å². The van der Waals surface area contributed by atoms with Gasteiger partial charge in [0.15, 0.2) is 6.10 Å². The molecule has 1 atom stereocenters. The molecule has 67 heavy (non-hydrogen) atoms. The molecule has 0 aliphatic heterocycles. The molecule has 0 N–H and O–H groups in total. The first kappa shape index (κ1) is 64.6. The third kappa shape index (κ3) is 54.4. The first-order chi connectivity index (χ1) is 33.0. The van der Waals surface area contributed by atoms with Crippen molar-refractivity contribution in [2.45, 2.75) is 322 Å². The second kappa shape index (κ2) is 56.2. The van der Waals surface area contributed by atoms with E-state index < -0.39 is 6.10 Å². The third-order valence-electron chi connectivity index (χ3n) is 13.1. The van der Waals surface area contributed by atoms with Gasteiger partial charge in [0.25, 0.3) is 0 Å². The van der Waals surface area contributed by atoms with Crippen LogP contribution in [-0.2, 0) is 28.6 Å². The van der Waals surface area contributed by atoms with E-state index in [4.69, 9.17) is 14.2 Å². The maximum atomic E-state index is 12.9. The number of hydrogen-bond acceptors (Lipinski definition) is 6. The second-order valence-corrected chi connectivity index (χ2v) is 19.9. The molecule has 0 saturated carbocycles. The Bertz CT molecular complexity index is 1130. The molecule has 0 amide bonds. The van der Waals surface area contributed by atoms with Crippen molar-refractivity contribution < 1.29 is 28.6 Å². The van der Waals surface area contributed by atoms with Gasteiger partial charge in [-0.3, -0.25) is 14.4 Å². The lowest BCUT2D eigenvalue weighted by Gasteiger charge is -2.18. The highest BCUT2D eigenvalue weighted by Gasteiger charge is 2.19. The lowest BCUT2D eigenvalue weighted by Crippen LogP contribution is -2.30. The molecular formula is C61H112O6. The lowest BCUT2D eigenvalue weighted by atomic mass is 10.0. The molecule has 6 heteroatoms. The van der Waals surface area contributed by atoms with Gasteiger partial charge >= 0.3 is 17.9 Å². The van der Waals surface area contributed by atoms with Gasteiger partial charge < -0.3 is 14.2 Å². The molecule has 0 spiro atoms. The molecule has 0 aliphatic carbocycles. The van der Waals surface area contributed by atoms with Crippen LogP contribution in [0.25, 0.3) is 0 Å². The normalized spacial score (nSPS) is 12.2. The molecule has 0 aromatic rings. The smallest absolute Gasteiger partial charge is 0.306 e. The molecule has 392 valence electrons. The first-order valence-corrected chi connectivity index (χ1v) is 29.5. The van der Waals surface area contributed by atoms with Gasteiger partial charge in [0.1, 0.15) is 13.2 Å². The zero-order chi connectivity index (χ0) is 48.6. The highest BCUT2D eigenvalue weighted by atomic mass is 16.6. The standard InChI is InChI=1S/C61H112O6/c1-4-7-10-13-16-19-22-25-28-29-30-31-34-36-39-42-45-48-51-54-60(63)66-57-58(67-61(64)55-52-49-46-43-40-37-33-27-24-21-18-15-12-9-6-3)56-65-59(62)53-50-47-44-41-38-35-32-26-23-20-17-14-11-8-5-2/h16,19,25,28,30-31,58H,4-15,17-18,20-24,26-27,29,32-57H2,1-3H3/b19-16-,28-25-,31-30-. The summed E-state index contributed by atoms with van der Waals surface area (Å²) in [6.07, 6.45) is 67.0. The van der Waals surface area contributed by atoms with E-state index in [0.29, 0.717) is 19.3 Å². The zero-order valence-corrected chi connectivity index (χ0v) is 44.9. The van der Waals surface area contributed by atoms with Gasteiger partial charge in [0.05, 0.1) is 0 Å². The van der Waals surface area contributed by atoms with E-state index in [-0.39, 0.29) is 31.1 Å². The summed E-state index contributed by atoms with van der Waals surface area (Å²) >= 11 is 0. The van der Waals surface area contributed by atoms with Crippen LogP contribution in [0.3, 0.4) is 0 Å². The summed E-state index contributed by atoms with van der Waals surface area (Å²) in [5.41, 5.74) is 0. The van der Waals surface area contributed by atoms with E-state index in [1.807, 2.05) is 0 Å². The number of ether oxygens (including phenoxy) is 3. The molecule has 1 unspecified atom stereocenters. The Morgan fingerprint density at radius 2 is 0.537 bits per heavy atom. The zero-order valence-electron chi connectivity index (χ0n) is 44.9. The number of esters is 3. The van der Waals surface area contributed by atoms with E-state index in [9.17, 15) is 14.4 Å². The minimum Gasteiger partial charge on any atom is -0.462 e. The maximum Gasteiger partial charge on any atom is 0.306 e. The van der Waals surface area contributed by atoms with E-state index in [2.05, 4.69) is 57.2 Å². The number of allylic oxidation sites excluding steroid dienone is 6. The van der Waals surface area contributed by atoms with Crippen molar-refractivity contribution >= 4 is 17.9 Å². The van der Waals surface area contributed by atoms with Crippen LogP contribution in [0, 0.1) is 0 Å². The SMILES string of the molecule is CCCCC/C=C\C/C=C\C/C=C\CCCCCCCCC(=O)OCC(COC(=O)CCCCCCCCCCCCCCCCC)OC(=O)CCCCCCCCCCCCCCCCC. The molecule has 0 aromatic heterocycles. The van der Waals surface area contributed by atoms with Crippen molar-refractivity contribution in [2.24, 2.45) is 0 Å². The Labute approximate surface area is 416 Å². The van der Waals surface area contributed by atoms with Gasteiger partial charge in [-0.05, 0) is 57.8 Å². The summed E-state index contributed by atoms with van der Waals surface area (Å²) in [4.78, 5) is 38.2. The van der Waals surface area contributed by atoms with Crippen LogP contribution in [-0.4, -0.2) is 37.2 Å². The summed E-state index contributed by atoms with van der Waals surface area (Å²) in [6, 6.07) is 0. The quantitative estimate of drug-likeness (QED) is 0.0262. The first-order valence-electron chi connectivity index (χ1n) is 29.5. The molecule has 0 fully saturated rings. The number of rotatable bonds is 54. The average Bonchev–Trinajstić information content (AvgIpc) is 3.33. The monoisotopic (exact) mass is 941 g/mol. The fraction of sp³-hybridized carbons (Fsp3) is 0.852. The van der Waals surface area contributed by atoms with Crippen molar-refractivity contribution in [1.82, 2.24) is 0 Å². The van der Waals surface area contributed by atoms with Gasteiger partial charge in [-0.1, -0.05) is 276 Å². The van der Waals surface area contributed by atoms with E-state index in [0.717, 1.165) is 77.0 Å². The van der Waals surface area contributed by atoms with Crippen molar-refractivity contribution in [3.8, 4) is 0 Å². The Kier molecular flexibility index (Phi) is 54.2. The van der Waals surface area contributed by atoms with Gasteiger partial charge in [-0.25, -0.2) is 0 Å².